The van der Waals surface area contributed by atoms with Crippen LogP contribution in [0.15, 0.2) is 34.7 Å². The Labute approximate surface area is 211 Å². The van der Waals surface area contributed by atoms with E-state index in [1.165, 1.54) is 18.1 Å². The van der Waals surface area contributed by atoms with E-state index < -0.39 is 29.5 Å². The van der Waals surface area contributed by atoms with Crippen LogP contribution in [0.1, 0.15) is 23.1 Å². The number of amides is 3. The Balaban J connectivity index is 1.34. The summed E-state index contributed by atoms with van der Waals surface area (Å²) < 4.78 is 26.0. The van der Waals surface area contributed by atoms with E-state index in [0.717, 1.165) is 32.0 Å². The number of methoxy groups -OCH3 is 1. The lowest BCUT2D eigenvalue weighted by atomic mass is 9.95. The highest BCUT2D eigenvalue weighted by Gasteiger charge is 2.53. The average molecular weight is 511 g/mol. The number of likely N-dealkylation sites (N-methyl/N-ethyl adjacent to an activating group) is 1. The SMILES string of the molecule is COc1ccc2c(c1F)C(O)N(CC1(c3cc4nc(N5CCN(C)CC5)ccc4o3)NC(=O)NC1=O)C2. The van der Waals surface area contributed by atoms with Crippen molar-refractivity contribution in [2.45, 2.75) is 18.3 Å². The van der Waals surface area contributed by atoms with Gasteiger partial charge in [0.1, 0.15) is 23.3 Å². The molecule has 0 aliphatic carbocycles. The van der Waals surface area contributed by atoms with Gasteiger partial charge in [-0.25, -0.2) is 14.2 Å². The van der Waals surface area contributed by atoms with Gasteiger partial charge >= 0.3 is 6.03 Å². The Morgan fingerprint density at radius 2 is 2.00 bits per heavy atom. The van der Waals surface area contributed by atoms with Crippen molar-refractivity contribution in [1.82, 2.24) is 25.4 Å². The van der Waals surface area contributed by atoms with Crippen molar-refractivity contribution in [3.8, 4) is 5.75 Å². The molecule has 37 heavy (non-hydrogen) atoms. The molecule has 6 rings (SSSR count). The minimum Gasteiger partial charge on any atom is -0.494 e. The van der Waals surface area contributed by atoms with Crippen LogP contribution in [0.25, 0.3) is 11.1 Å². The molecule has 2 fully saturated rings. The van der Waals surface area contributed by atoms with Gasteiger partial charge in [-0.3, -0.25) is 15.0 Å². The molecule has 1 aromatic carbocycles. The van der Waals surface area contributed by atoms with E-state index in [-0.39, 0.29) is 30.2 Å². The van der Waals surface area contributed by atoms with Crippen molar-refractivity contribution < 1.29 is 28.2 Å². The van der Waals surface area contributed by atoms with Crippen LogP contribution in [0.5, 0.6) is 5.75 Å². The van der Waals surface area contributed by atoms with Crippen molar-refractivity contribution >= 4 is 28.9 Å². The number of piperazine rings is 1. The van der Waals surface area contributed by atoms with E-state index in [1.54, 1.807) is 18.2 Å². The molecule has 0 saturated carbocycles. The van der Waals surface area contributed by atoms with Crippen LogP contribution in [0, 0.1) is 5.82 Å². The number of fused-ring (bicyclic) bond motifs is 2. The van der Waals surface area contributed by atoms with Crippen LogP contribution in [0.3, 0.4) is 0 Å². The number of nitrogens with zero attached hydrogens (tertiary/aromatic N) is 4. The van der Waals surface area contributed by atoms with Gasteiger partial charge < -0.3 is 29.4 Å². The normalized spacial score (nSPS) is 24.4. The van der Waals surface area contributed by atoms with Gasteiger partial charge in [0.2, 0.25) is 0 Å². The van der Waals surface area contributed by atoms with E-state index in [0.29, 0.717) is 16.7 Å². The molecule has 0 radical (unpaired) electrons. The lowest BCUT2D eigenvalue weighted by molar-refractivity contribution is -0.127. The molecule has 194 valence electrons. The minimum atomic E-state index is -1.64. The number of anilines is 1. The van der Waals surface area contributed by atoms with Gasteiger partial charge in [-0.2, -0.15) is 0 Å². The first-order chi connectivity index (χ1) is 17.8. The van der Waals surface area contributed by atoms with E-state index in [4.69, 9.17) is 14.1 Å². The molecule has 3 amide bonds. The molecule has 2 unspecified atom stereocenters. The standard InChI is InChI=1S/C25H27FN6O5/c1-30-7-9-31(10-8-30)19-6-5-16-15(27-19)11-18(37-16)25(23(34)28-24(35)29-25)13-32-12-14-3-4-17(36-2)21(26)20(14)22(32)33/h3-6,11,22,33H,7-10,12-13H2,1-2H3,(H2,28,29,34,35). The number of rotatable bonds is 5. The fraction of sp³-hybridized carbons (Fsp3) is 0.400. The van der Waals surface area contributed by atoms with E-state index in [1.807, 2.05) is 6.07 Å². The number of nitrogens with one attached hydrogen (secondary N) is 2. The van der Waals surface area contributed by atoms with Crippen molar-refractivity contribution in [3.63, 3.8) is 0 Å². The maximum absolute atomic E-state index is 14.9. The van der Waals surface area contributed by atoms with Crippen molar-refractivity contribution in [3.05, 3.63) is 53.0 Å². The highest BCUT2D eigenvalue weighted by molar-refractivity contribution is 6.07. The Hall–Kier alpha value is -3.74. The number of ether oxygens (including phenoxy) is 1. The molecule has 0 bridgehead atoms. The number of hydrogen-bond donors (Lipinski definition) is 3. The summed E-state index contributed by atoms with van der Waals surface area (Å²) in [6.07, 6.45) is -1.35. The number of aromatic nitrogens is 1. The largest absolute Gasteiger partial charge is 0.494 e. The Kier molecular flexibility index (Phi) is 5.55. The van der Waals surface area contributed by atoms with E-state index in [2.05, 4.69) is 27.5 Å². The topological polar surface area (TPSA) is 123 Å². The highest BCUT2D eigenvalue weighted by Crippen LogP contribution is 2.40. The van der Waals surface area contributed by atoms with Crippen LogP contribution in [-0.2, 0) is 16.9 Å². The second kappa shape index (κ2) is 8.68. The number of carbonyl (C=O) groups excluding carboxylic acids is 2. The molecule has 3 aliphatic heterocycles. The maximum atomic E-state index is 14.9. The predicted molar refractivity (Wildman–Crippen MR) is 130 cm³/mol. The molecule has 12 heteroatoms. The van der Waals surface area contributed by atoms with Crippen LogP contribution >= 0.6 is 0 Å². The Bertz CT molecular complexity index is 1400. The number of furan rings is 1. The Morgan fingerprint density at radius 3 is 2.70 bits per heavy atom. The Morgan fingerprint density at radius 1 is 1.22 bits per heavy atom. The van der Waals surface area contributed by atoms with Crippen molar-refractivity contribution in [1.29, 1.82) is 0 Å². The molecule has 5 heterocycles. The van der Waals surface area contributed by atoms with Crippen molar-refractivity contribution in [2.75, 3.05) is 51.8 Å². The number of aliphatic hydroxyl groups excluding tert-OH is 1. The second-order valence-electron chi connectivity index (χ2n) is 9.70. The second-order valence-corrected chi connectivity index (χ2v) is 9.70. The van der Waals surface area contributed by atoms with Gasteiger partial charge in [0.05, 0.1) is 7.11 Å². The van der Waals surface area contributed by atoms with Crippen LogP contribution in [0.2, 0.25) is 0 Å². The molecule has 3 aliphatic rings. The number of hydrogen-bond acceptors (Lipinski definition) is 9. The maximum Gasteiger partial charge on any atom is 0.322 e. The van der Waals surface area contributed by atoms with E-state index in [9.17, 15) is 19.1 Å². The minimum absolute atomic E-state index is 0.0146. The van der Waals surface area contributed by atoms with Crippen molar-refractivity contribution in [2.24, 2.45) is 0 Å². The van der Waals surface area contributed by atoms with E-state index >= 15 is 0 Å². The molecule has 0 spiro atoms. The fourth-order valence-electron chi connectivity index (χ4n) is 5.31. The predicted octanol–water partition coefficient (Wildman–Crippen LogP) is 1.27. The zero-order chi connectivity index (χ0) is 25.9. The molecular formula is C25H27FN6O5. The smallest absolute Gasteiger partial charge is 0.322 e. The van der Waals surface area contributed by atoms with Gasteiger partial charge in [0.25, 0.3) is 5.91 Å². The number of pyridine rings is 1. The third-order valence-corrected chi connectivity index (χ3v) is 7.42. The molecule has 2 atom stereocenters. The average Bonchev–Trinajstić information content (AvgIpc) is 3.53. The first-order valence-corrected chi connectivity index (χ1v) is 12.0. The summed E-state index contributed by atoms with van der Waals surface area (Å²) in [5.74, 6) is -0.294. The molecule has 2 saturated heterocycles. The van der Waals surface area contributed by atoms with Crippen LogP contribution < -0.4 is 20.3 Å². The summed E-state index contributed by atoms with van der Waals surface area (Å²) in [4.78, 5) is 36.2. The lowest BCUT2D eigenvalue weighted by Crippen LogP contribution is -2.52. The fourth-order valence-corrected chi connectivity index (χ4v) is 5.31. The number of carbonyl (C=O) groups is 2. The number of imide groups is 1. The van der Waals surface area contributed by atoms with Gasteiger partial charge in [-0.15, -0.1) is 0 Å². The third kappa shape index (κ3) is 3.79. The monoisotopic (exact) mass is 510 g/mol. The zero-order valence-electron chi connectivity index (χ0n) is 20.5. The molecule has 2 aromatic heterocycles. The molecule has 3 N–H and O–H groups in total. The summed E-state index contributed by atoms with van der Waals surface area (Å²) in [5, 5.41) is 15.9. The summed E-state index contributed by atoms with van der Waals surface area (Å²) >= 11 is 0. The molecule has 3 aromatic rings. The zero-order valence-corrected chi connectivity index (χ0v) is 20.5. The van der Waals surface area contributed by atoms with Gasteiger partial charge in [0, 0.05) is 50.9 Å². The van der Waals surface area contributed by atoms with Gasteiger partial charge in [-0.1, -0.05) is 6.07 Å². The number of benzene rings is 1. The number of urea groups is 1. The lowest BCUT2D eigenvalue weighted by Gasteiger charge is -2.33. The highest BCUT2D eigenvalue weighted by atomic mass is 19.1. The third-order valence-electron chi connectivity index (χ3n) is 7.42. The van der Waals surface area contributed by atoms with Crippen LogP contribution in [-0.4, -0.2) is 78.7 Å². The summed E-state index contributed by atoms with van der Waals surface area (Å²) in [7, 11) is 3.43. The first-order valence-electron chi connectivity index (χ1n) is 12.0. The number of aliphatic hydroxyl groups is 1. The summed E-state index contributed by atoms with van der Waals surface area (Å²) in [5.41, 5.74) is 0.00848. The van der Waals surface area contributed by atoms with Gasteiger partial charge in [0.15, 0.2) is 22.7 Å². The first kappa shape index (κ1) is 23.6. The summed E-state index contributed by atoms with van der Waals surface area (Å²) in [6.45, 7) is 3.55. The molecular weight excluding hydrogens is 483 g/mol. The summed E-state index contributed by atoms with van der Waals surface area (Å²) in [6, 6.07) is 7.79. The van der Waals surface area contributed by atoms with Gasteiger partial charge in [-0.05, 0) is 30.8 Å². The van der Waals surface area contributed by atoms with Crippen LogP contribution in [0.4, 0.5) is 15.0 Å². The quantitative estimate of drug-likeness (QED) is 0.436. The number of halogens is 1. The molecule has 11 nitrogen and oxygen atoms in total.